The van der Waals surface area contributed by atoms with E-state index < -0.39 is 5.91 Å². The van der Waals surface area contributed by atoms with Crippen LogP contribution in [0, 0.1) is 0 Å². The van der Waals surface area contributed by atoms with Crippen molar-refractivity contribution in [1.82, 2.24) is 0 Å². The molecule has 0 spiro atoms. The van der Waals surface area contributed by atoms with E-state index in [2.05, 4.69) is 5.32 Å². The number of hydrogen-bond acceptors (Lipinski definition) is 4. The third-order valence-electron chi connectivity index (χ3n) is 3.51. The Bertz CT molecular complexity index is 726. The summed E-state index contributed by atoms with van der Waals surface area (Å²) < 4.78 is 0.461. The lowest BCUT2D eigenvalue weighted by Crippen LogP contribution is -2.18. The van der Waals surface area contributed by atoms with E-state index in [4.69, 9.17) is 5.73 Å². The molecule has 1 fully saturated rings. The quantitative estimate of drug-likeness (QED) is 0.890. The first-order valence-corrected chi connectivity index (χ1v) is 9.28. The Labute approximate surface area is 143 Å². The first kappa shape index (κ1) is 16.0. The van der Waals surface area contributed by atoms with Crippen LogP contribution in [-0.4, -0.2) is 23.3 Å². The van der Waals surface area contributed by atoms with Gasteiger partial charge in [-0.25, -0.2) is 0 Å². The van der Waals surface area contributed by atoms with Crippen LogP contribution in [0.1, 0.15) is 30.9 Å². The van der Waals surface area contributed by atoms with Crippen LogP contribution in [0.3, 0.4) is 0 Å². The highest BCUT2D eigenvalue weighted by molar-refractivity contribution is 8.19. The summed E-state index contributed by atoms with van der Waals surface area (Å²) in [7, 11) is 0. The van der Waals surface area contributed by atoms with E-state index in [0.29, 0.717) is 21.4 Å². The van der Waals surface area contributed by atoms with E-state index in [-0.39, 0.29) is 5.91 Å². The molecule has 6 heteroatoms. The molecule has 2 amide bonds. The topological polar surface area (TPSA) is 72.2 Å². The molecule has 0 aliphatic carbocycles. The molecule has 4 nitrogen and oxygen atoms in total. The Hall–Kier alpha value is -1.92. The second kappa shape index (κ2) is 7.10. The van der Waals surface area contributed by atoms with Crippen molar-refractivity contribution in [3.63, 3.8) is 0 Å². The molecule has 0 aromatic heterocycles. The lowest BCUT2D eigenvalue weighted by molar-refractivity contribution is 0.100. The van der Waals surface area contributed by atoms with Crippen molar-refractivity contribution in [1.29, 1.82) is 0 Å². The zero-order valence-electron chi connectivity index (χ0n) is 12.3. The summed E-state index contributed by atoms with van der Waals surface area (Å²) in [5, 5.41) is 2.75. The summed E-state index contributed by atoms with van der Waals surface area (Å²) in [5.41, 5.74) is 7.84. The Morgan fingerprint density at radius 2 is 1.65 bits per heavy atom. The number of nitrogens with two attached hydrogens (primary N) is 1. The van der Waals surface area contributed by atoms with Crippen molar-refractivity contribution in [2.24, 2.45) is 5.73 Å². The van der Waals surface area contributed by atoms with Crippen LogP contribution in [0.15, 0.2) is 48.5 Å². The van der Waals surface area contributed by atoms with Crippen molar-refractivity contribution in [2.75, 3.05) is 16.8 Å². The van der Waals surface area contributed by atoms with E-state index in [1.807, 2.05) is 47.8 Å². The van der Waals surface area contributed by atoms with Crippen molar-refractivity contribution >= 4 is 41.0 Å². The van der Waals surface area contributed by atoms with Gasteiger partial charge in [0.25, 0.3) is 11.8 Å². The largest absolute Gasteiger partial charge is 0.366 e. The molecule has 0 unspecified atom stereocenters. The van der Waals surface area contributed by atoms with Gasteiger partial charge in [-0.1, -0.05) is 24.3 Å². The Kier molecular flexibility index (Phi) is 4.93. The van der Waals surface area contributed by atoms with E-state index in [0.717, 1.165) is 0 Å². The number of thioether (sulfide) groups is 2. The first-order chi connectivity index (χ1) is 11.1. The van der Waals surface area contributed by atoms with Gasteiger partial charge in [-0.2, -0.15) is 0 Å². The molecule has 118 valence electrons. The molecule has 1 aliphatic heterocycles. The maximum atomic E-state index is 12.3. The smallest absolute Gasteiger partial charge is 0.255 e. The zero-order chi connectivity index (χ0) is 16.2. The second-order valence-electron chi connectivity index (χ2n) is 5.06. The number of carbonyl (C=O) groups excluding carboxylic acids is 2. The number of rotatable bonds is 4. The van der Waals surface area contributed by atoms with Gasteiger partial charge in [0, 0.05) is 17.1 Å². The maximum absolute atomic E-state index is 12.3. The molecule has 0 saturated carbocycles. The van der Waals surface area contributed by atoms with E-state index >= 15 is 0 Å². The SMILES string of the molecule is NC(=O)c1ccccc1NC(=O)c1ccc(C2SCCS2)cc1. The van der Waals surface area contributed by atoms with Gasteiger partial charge in [0.05, 0.1) is 15.8 Å². The molecule has 3 rings (SSSR count). The van der Waals surface area contributed by atoms with Crippen LogP contribution in [0.4, 0.5) is 5.69 Å². The van der Waals surface area contributed by atoms with E-state index in [1.54, 1.807) is 24.3 Å². The van der Waals surface area contributed by atoms with Gasteiger partial charge in [0.1, 0.15) is 0 Å². The number of carbonyl (C=O) groups is 2. The predicted octanol–water partition coefficient (Wildman–Crippen LogP) is 3.52. The average molecular weight is 344 g/mol. The third-order valence-corrected chi connectivity index (χ3v) is 6.61. The normalized spacial score (nSPS) is 14.6. The zero-order valence-corrected chi connectivity index (χ0v) is 14.0. The summed E-state index contributed by atoms with van der Waals surface area (Å²) in [6.07, 6.45) is 0. The van der Waals surface area contributed by atoms with Crippen molar-refractivity contribution < 1.29 is 9.59 Å². The summed E-state index contributed by atoms with van der Waals surface area (Å²) in [6, 6.07) is 14.3. The van der Waals surface area contributed by atoms with Gasteiger partial charge >= 0.3 is 0 Å². The van der Waals surface area contributed by atoms with E-state index in [9.17, 15) is 9.59 Å². The molecule has 3 N–H and O–H groups in total. The van der Waals surface area contributed by atoms with Gasteiger partial charge in [0.2, 0.25) is 0 Å². The molecular weight excluding hydrogens is 328 g/mol. The lowest BCUT2D eigenvalue weighted by atomic mass is 10.1. The summed E-state index contributed by atoms with van der Waals surface area (Å²) in [4.78, 5) is 23.7. The standard InChI is InChI=1S/C17H16N2O2S2/c18-15(20)13-3-1-2-4-14(13)19-16(21)11-5-7-12(8-6-11)17-22-9-10-23-17/h1-8,17H,9-10H2,(H2,18,20)(H,19,21). The number of anilines is 1. The fourth-order valence-corrected chi connectivity index (χ4v) is 5.20. The fourth-order valence-electron chi connectivity index (χ4n) is 2.34. The minimum Gasteiger partial charge on any atom is -0.366 e. The second-order valence-corrected chi connectivity index (χ2v) is 7.78. The lowest BCUT2D eigenvalue weighted by Gasteiger charge is -2.11. The molecule has 1 saturated heterocycles. The molecule has 0 atom stereocenters. The van der Waals surface area contributed by atoms with Gasteiger partial charge in [0.15, 0.2) is 0 Å². The Morgan fingerprint density at radius 1 is 1.00 bits per heavy atom. The highest BCUT2D eigenvalue weighted by Gasteiger charge is 2.18. The number of primary amides is 1. The summed E-state index contributed by atoms with van der Waals surface area (Å²) in [6.45, 7) is 0. The minimum absolute atomic E-state index is 0.253. The molecule has 23 heavy (non-hydrogen) atoms. The van der Waals surface area contributed by atoms with Gasteiger partial charge in [-0.15, -0.1) is 23.5 Å². The van der Waals surface area contributed by atoms with Crippen LogP contribution in [-0.2, 0) is 0 Å². The number of nitrogens with one attached hydrogen (secondary N) is 1. The van der Waals surface area contributed by atoms with Crippen LogP contribution in [0.25, 0.3) is 0 Å². The van der Waals surface area contributed by atoms with Crippen LogP contribution >= 0.6 is 23.5 Å². The molecular formula is C17H16N2O2S2. The molecule has 0 bridgehead atoms. The number of amides is 2. The Balaban J connectivity index is 1.74. The highest BCUT2D eigenvalue weighted by atomic mass is 32.2. The monoisotopic (exact) mass is 344 g/mol. The highest BCUT2D eigenvalue weighted by Crippen LogP contribution is 2.45. The van der Waals surface area contributed by atoms with Crippen LogP contribution in [0.5, 0.6) is 0 Å². The Morgan fingerprint density at radius 3 is 2.30 bits per heavy atom. The fraction of sp³-hybridized carbons (Fsp3) is 0.176. The molecule has 2 aromatic carbocycles. The predicted molar refractivity (Wildman–Crippen MR) is 97.0 cm³/mol. The molecule has 0 radical (unpaired) electrons. The van der Waals surface area contributed by atoms with Gasteiger partial charge in [-0.3, -0.25) is 9.59 Å². The number of para-hydroxylation sites is 1. The first-order valence-electron chi connectivity index (χ1n) is 7.18. The average Bonchev–Trinajstić information content (AvgIpc) is 3.10. The molecule has 1 aliphatic rings. The maximum Gasteiger partial charge on any atom is 0.255 e. The molecule has 2 aromatic rings. The molecule has 1 heterocycles. The summed E-state index contributed by atoms with van der Waals surface area (Å²) >= 11 is 3.86. The van der Waals surface area contributed by atoms with Crippen LogP contribution in [0.2, 0.25) is 0 Å². The third kappa shape index (κ3) is 3.71. The van der Waals surface area contributed by atoms with Crippen LogP contribution < -0.4 is 11.1 Å². The van der Waals surface area contributed by atoms with E-state index in [1.165, 1.54) is 17.1 Å². The van der Waals surface area contributed by atoms with Crippen molar-refractivity contribution in [3.05, 3.63) is 65.2 Å². The minimum atomic E-state index is -0.563. The van der Waals surface area contributed by atoms with Gasteiger partial charge in [-0.05, 0) is 29.8 Å². The van der Waals surface area contributed by atoms with Crippen molar-refractivity contribution in [2.45, 2.75) is 4.58 Å². The number of benzene rings is 2. The van der Waals surface area contributed by atoms with Gasteiger partial charge < -0.3 is 11.1 Å². The number of hydrogen-bond donors (Lipinski definition) is 2. The van der Waals surface area contributed by atoms with Crippen molar-refractivity contribution in [3.8, 4) is 0 Å². The summed E-state index contributed by atoms with van der Waals surface area (Å²) in [5.74, 6) is 1.52.